The van der Waals surface area contributed by atoms with Crippen molar-refractivity contribution in [1.29, 1.82) is 0 Å². The molecule has 5 heteroatoms. The molecule has 0 saturated heterocycles. The molecular formula is C15H14F3NO. The lowest BCUT2D eigenvalue weighted by molar-refractivity contribution is -0.137. The lowest BCUT2D eigenvalue weighted by atomic mass is 9.96. The number of alkyl halides is 3. The number of furan rings is 1. The first-order valence-electron chi connectivity index (χ1n) is 6.41. The zero-order valence-corrected chi connectivity index (χ0v) is 11.0. The van der Waals surface area contributed by atoms with Gasteiger partial charge in [0.2, 0.25) is 0 Å². The van der Waals surface area contributed by atoms with Gasteiger partial charge in [0, 0.05) is 24.0 Å². The number of halogens is 3. The van der Waals surface area contributed by atoms with Crippen LogP contribution >= 0.6 is 0 Å². The molecule has 20 heavy (non-hydrogen) atoms. The Morgan fingerprint density at radius 3 is 2.70 bits per heavy atom. The second kappa shape index (κ2) is 4.66. The standard InChI is InChI=1S/C15H14F3NO/c1-19-5-2-10(3-6-19)13-9-12(15(16,17)18)8-11-4-7-20-14(11)13/h2,4,7-9H,3,5-6H2,1H3. The van der Waals surface area contributed by atoms with Crippen molar-refractivity contribution in [2.75, 3.05) is 20.1 Å². The largest absolute Gasteiger partial charge is 0.464 e. The van der Waals surface area contributed by atoms with Crippen LogP contribution in [0.15, 0.2) is 35.0 Å². The number of hydrogen-bond donors (Lipinski definition) is 0. The van der Waals surface area contributed by atoms with E-state index >= 15 is 0 Å². The molecule has 0 fully saturated rings. The Bertz CT molecular complexity index is 669. The van der Waals surface area contributed by atoms with Gasteiger partial charge in [-0.25, -0.2) is 0 Å². The van der Waals surface area contributed by atoms with Gasteiger partial charge in [-0.3, -0.25) is 0 Å². The van der Waals surface area contributed by atoms with Crippen LogP contribution in [0.25, 0.3) is 16.5 Å². The fourth-order valence-electron chi connectivity index (χ4n) is 2.50. The van der Waals surface area contributed by atoms with E-state index in [4.69, 9.17) is 4.42 Å². The van der Waals surface area contributed by atoms with Crippen molar-refractivity contribution < 1.29 is 17.6 Å². The van der Waals surface area contributed by atoms with Crippen LogP contribution in [-0.4, -0.2) is 25.0 Å². The Morgan fingerprint density at radius 2 is 2.05 bits per heavy atom. The van der Waals surface area contributed by atoms with Crippen LogP contribution in [-0.2, 0) is 6.18 Å². The van der Waals surface area contributed by atoms with Crippen LogP contribution in [0.3, 0.4) is 0 Å². The second-order valence-corrected chi connectivity index (χ2v) is 5.10. The summed E-state index contributed by atoms with van der Waals surface area (Å²) in [4.78, 5) is 2.12. The number of likely N-dealkylation sites (N-methyl/N-ethyl adjacent to an activating group) is 1. The molecule has 0 unspecified atom stereocenters. The Labute approximate surface area is 114 Å². The van der Waals surface area contributed by atoms with Gasteiger partial charge in [-0.1, -0.05) is 6.08 Å². The Balaban J connectivity index is 2.16. The molecule has 0 spiro atoms. The first-order valence-corrected chi connectivity index (χ1v) is 6.41. The molecule has 0 bridgehead atoms. The minimum absolute atomic E-state index is 0.495. The van der Waals surface area contributed by atoms with Crippen molar-refractivity contribution in [3.05, 3.63) is 41.7 Å². The molecule has 0 N–H and O–H groups in total. The van der Waals surface area contributed by atoms with Crippen LogP contribution in [0, 0.1) is 0 Å². The third kappa shape index (κ3) is 2.33. The fraction of sp³-hybridized carbons (Fsp3) is 0.333. The van der Waals surface area contributed by atoms with Gasteiger partial charge in [0.15, 0.2) is 0 Å². The minimum atomic E-state index is -4.34. The predicted molar refractivity (Wildman–Crippen MR) is 71.3 cm³/mol. The van der Waals surface area contributed by atoms with Crippen molar-refractivity contribution in [2.45, 2.75) is 12.6 Å². The highest BCUT2D eigenvalue weighted by atomic mass is 19.4. The molecule has 3 rings (SSSR count). The topological polar surface area (TPSA) is 16.4 Å². The van der Waals surface area contributed by atoms with Crippen LogP contribution in [0.5, 0.6) is 0 Å². The third-order valence-corrected chi connectivity index (χ3v) is 3.64. The molecule has 2 aromatic rings. The zero-order valence-electron chi connectivity index (χ0n) is 11.0. The van der Waals surface area contributed by atoms with Crippen LogP contribution in [0.2, 0.25) is 0 Å². The van der Waals surface area contributed by atoms with E-state index in [2.05, 4.69) is 4.90 Å². The highest BCUT2D eigenvalue weighted by Gasteiger charge is 2.32. The summed E-state index contributed by atoms with van der Waals surface area (Å²) in [5.74, 6) is 0. The van der Waals surface area contributed by atoms with Gasteiger partial charge < -0.3 is 9.32 Å². The number of nitrogens with zero attached hydrogens (tertiary/aromatic N) is 1. The maximum Gasteiger partial charge on any atom is 0.416 e. The highest BCUT2D eigenvalue weighted by molar-refractivity contribution is 5.90. The van der Waals surface area contributed by atoms with Gasteiger partial charge in [0.25, 0.3) is 0 Å². The van der Waals surface area contributed by atoms with E-state index in [9.17, 15) is 13.2 Å². The van der Waals surface area contributed by atoms with Crippen molar-refractivity contribution in [2.24, 2.45) is 0 Å². The van der Waals surface area contributed by atoms with E-state index in [0.29, 0.717) is 16.5 Å². The average molecular weight is 281 g/mol. The lowest BCUT2D eigenvalue weighted by Crippen LogP contribution is -2.23. The maximum atomic E-state index is 13.0. The lowest BCUT2D eigenvalue weighted by Gasteiger charge is -2.22. The summed E-state index contributed by atoms with van der Waals surface area (Å²) in [6.45, 7) is 1.58. The molecule has 0 radical (unpaired) electrons. The van der Waals surface area contributed by atoms with Crippen molar-refractivity contribution >= 4 is 16.5 Å². The second-order valence-electron chi connectivity index (χ2n) is 5.10. The van der Waals surface area contributed by atoms with E-state index in [1.165, 1.54) is 12.3 Å². The van der Waals surface area contributed by atoms with E-state index in [1.54, 1.807) is 6.07 Å². The monoisotopic (exact) mass is 281 g/mol. The summed E-state index contributed by atoms with van der Waals surface area (Å²) in [6, 6.07) is 3.91. The van der Waals surface area contributed by atoms with Gasteiger partial charge in [-0.05, 0) is 37.2 Å². The van der Waals surface area contributed by atoms with Gasteiger partial charge in [-0.15, -0.1) is 0 Å². The first kappa shape index (κ1) is 13.2. The van der Waals surface area contributed by atoms with E-state index in [-0.39, 0.29) is 0 Å². The van der Waals surface area contributed by atoms with Crippen molar-refractivity contribution in [3.8, 4) is 0 Å². The summed E-state index contributed by atoms with van der Waals surface area (Å²) < 4.78 is 44.3. The normalized spacial score (nSPS) is 17.5. The average Bonchev–Trinajstić information content (AvgIpc) is 2.85. The Morgan fingerprint density at radius 1 is 1.25 bits per heavy atom. The van der Waals surface area contributed by atoms with Crippen LogP contribution in [0.1, 0.15) is 17.5 Å². The molecule has 0 aliphatic carbocycles. The van der Waals surface area contributed by atoms with Crippen LogP contribution in [0.4, 0.5) is 13.2 Å². The quantitative estimate of drug-likeness (QED) is 0.780. The Hall–Kier alpha value is -1.75. The fourth-order valence-corrected chi connectivity index (χ4v) is 2.50. The molecule has 2 nitrogen and oxygen atoms in total. The van der Waals surface area contributed by atoms with Gasteiger partial charge in [0.05, 0.1) is 11.8 Å². The number of fused-ring (bicyclic) bond motifs is 1. The number of hydrogen-bond acceptors (Lipinski definition) is 2. The molecule has 2 heterocycles. The molecule has 1 aliphatic heterocycles. The number of rotatable bonds is 1. The van der Waals surface area contributed by atoms with Gasteiger partial charge in [-0.2, -0.15) is 13.2 Å². The van der Waals surface area contributed by atoms with E-state index < -0.39 is 11.7 Å². The Kier molecular flexibility index (Phi) is 3.09. The molecule has 0 saturated carbocycles. The first-order chi connectivity index (χ1) is 9.45. The van der Waals surface area contributed by atoms with Crippen LogP contribution < -0.4 is 0 Å². The molecule has 106 valence electrons. The molecule has 0 amide bonds. The minimum Gasteiger partial charge on any atom is -0.464 e. The molecular weight excluding hydrogens is 267 g/mol. The third-order valence-electron chi connectivity index (χ3n) is 3.64. The molecule has 0 atom stereocenters. The van der Waals surface area contributed by atoms with Crippen molar-refractivity contribution in [3.63, 3.8) is 0 Å². The van der Waals surface area contributed by atoms with E-state index in [0.717, 1.165) is 31.1 Å². The smallest absolute Gasteiger partial charge is 0.416 e. The summed E-state index contributed by atoms with van der Waals surface area (Å²) in [7, 11) is 1.99. The summed E-state index contributed by atoms with van der Waals surface area (Å²) in [5, 5.41) is 0.495. The van der Waals surface area contributed by atoms with Gasteiger partial charge in [0.1, 0.15) is 5.58 Å². The van der Waals surface area contributed by atoms with Gasteiger partial charge >= 0.3 is 6.18 Å². The molecule has 1 aromatic heterocycles. The van der Waals surface area contributed by atoms with E-state index in [1.807, 2.05) is 13.1 Å². The summed E-state index contributed by atoms with van der Waals surface area (Å²) in [6.07, 6.45) is -0.204. The maximum absolute atomic E-state index is 13.0. The van der Waals surface area contributed by atoms with Crippen molar-refractivity contribution in [1.82, 2.24) is 4.90 Å². The number of benzene rings is 1. The zero-order chi connectivity index (χ0) is 14.3. The molecule has 1 aliphatic rings. The SMILES string of the molecule is CN1CC=C(c2cc(C(F)(F)F)cc3ccoc23)CC1. The summed E-state index contributed by atoms with van der Waals surface area (Å²) in [5.41, 5.74) is 1.40. The highest BCUT2D eigenvalue weighted by Crippen LogP contribution is 2.37. The predicted octanol–water partition coefficient (Wildman–Crippen LogP) is 4.17. The molecule has 1 aromatic carbocycles. The summed E-state index contributed by atoms with van der Waals surface area (Å²) >= 11 is 0.